The number of ether oxygens (including phenoxy) is 1. The predicted molar refractivity (Wildman–Crippen MR) is 76.8 cm³/mol. The predicted octanol–water partition coefficient (Wildman–Crippen LogP) is 1.79. The highest BCUT2D eigenvalue weighted by Crippen LogP contribution is 2.30. The summed E-state index contributed by atoms with van der Waals surface area (Å²) in [6.45, 7) is 2.83. The van der Waals surface area contributed by atoms with E-state index in [1.54, 1.807) is 18.4 Å². The molecule has 0 aliphatic heterocycles. The number of rotatable bonds is 6. The molecule has 2 N–H and O–H groups in total. The normalized spacial score (nSPS) is 12.4. The second kappa shape index (κ2) is 6.03. The molecule has 2 aromatic rings. The molecule has 104 valence electrons. The summed E-state index contributed by atoms with van der Waals surface area (Å²) >= 11 is 1.64. The third-order valence-electron chi connectivity index (χ3n) is 2.81. The van der Waals surface area contributed by atoms with Crippen molar-refractivity contribution >= 4 is 16.5 Å². The molecule has 0 radical (unpaired) electrons. The molecule has 0 saturated carbocycles. The van der Waals surface area contributed by atoms with Gasteiger partial charge in [-0.3, -0.25) is 5.10 Å². The van der Waals surface area contributed by atoms with Crippen LogP contribution in [0.5, 0.6) is 5.88 Å². The number of aromatic amines is 1. The first-order valence-corrected chi connectivity index (χ1v) is 6.86. The summed E-state index contributed by atoms with van der Waals surface area (Å²) in [5.41, 5.74) is 1.14. The number of anilines is 1. The first kappa shape index (κ1) is 13.8. The molecule has 0 saturated heterocycles. The zero-order valence-corrected chi connectivity index (χ0v) is 12.4. The van der Waals surface area contributed by atoms with Gasteiger partial charge in [-0.25, -0.2) is 0 Å². The van der Waals surface area contributed by atoms with Crippen LogP contribution in [0.2, 0.25) is 0 Å². The van der Waals surface area contributed by atoms with Gasteiger partial charge in [0.15, 0.2) is 5.13 Å². The Kier molecular flexibility index (Phi) is 4.39. The summed E-state index contributed by atoms with van der Waals surface area (Å²) in [6.07, 6.45) is 3.72. The maximum Gasteiger partial charge on any atom is 0.230 e. The molecule has 0 bridgehead atoms. The molecule has 19 heavy (non-hydrogen) atoms. The van der Waals surface area contributed by atoms with E-state index in [4.69, 9.17) is 4.74 Å². The largest absolute Gasteiger partial charge is 0.480 e. The first-order valence-electron chi connectivity index (χ1n) is 6.05. The molecule has 2 aromatic heterocycles. The van der Waals surface area contributed by atoms with Crippen LogP contribution in [-0.4, -0.2) is 36.4 Å². The standard InChI is InChI=1S/C12H19N5OS/c1-8(9-5-14-15-6-9)13-7-10-11(18-4)16-12(19-10)17(2)3/h5-6,8,13H,7H2,1-4H3,(H,14,15). The smallest absolute Gasteiger partial charge is 0.230 e. The highest BCUT2D eigenvalue weighted by Gasteiger charge is 2.14. The van der Waals surface area contributed by atoms with Crippen LogP contribution in [0.4, 0.5) is 5.13 Å². The number of hydrogen-bond acceptors (Lipinski definition) is 6. The van der Waals surface area contributed by atoms with Gasteiger partial charge in [-0.15, -0.1) is 0 Å². The Bertz CT molecular complexity index is 508. The number of H-pyrrole nitrogens is 1. The van der Waals surface area contributed by atoms with Crippen molar-refractivity contribution in [3.8, 4) is 5.88 Å². The van der Waals surface area contributed by atoms with Gasteiger partial charge in [0.25, 0.3) is 0 Å². The van der Waals surface area contributed by atoms with Crippen molar-refractivity contribution in [3.63, 3.8) is 0 Å². The van der Waals surface area contributed by atoms with E-state index in [0.29, 0.717) is 5.88 Å². The summed E-state index contributed by atoms with van der Waals surface area (Å²) in [5.74, 6) is 0.695. The van der Waals surface area contributed by atoms with Crippen LogP contribution in [0.1, 0.15) is 23.4 Å². The lowest BCUT2D eigenvalue weighted by molar-refractivity contribution is 0.393. The average molecular weight is 281 g/mol. The Hall–Kier alpha value is -1.60. The van der Waals surface area contributed by atoms with Gasteiger partial charge in [0.05, 0.1) is 18.2 Å². The fourth-order valence-electron chi connectivity index (χ4n) is 1.65. The number of nitrogens with one attached hydrogen (secondary N) is 2. The lowest BCUT2D eigenvalue weighted by Crippen LogP contribution is -2.17. The molecule has 0 aromatic carbocycles. The first-order chi connectivity index (χ1) is 9.11. The Morgan fingerprint density at radius 3 is 2.89 bits per heavy atom. The highest BCUT2D eigenvalue weighted by molar-refractivity contribution is 7.15. The van der Waals surface area contributed by atoms with Crippen molar-refractivity contribution in [1.82, 2.24) is 20.5 Å². The van der Waals surface area contributed by atoms with Crippen molar-refractivity contribution in [2.24, 2.45) is 0 Å². The number of aromatic nitrogens is 3. The van der Waals surface area contributed by atoms with Crippen LogP contribution < -0.4 is 15.0 Å². The van der Waals surface area contributed by atoms with E-state index in [0.717, 1.165) is 22.1 Å². The van der Waals surface area contributed by atoms with Crippen LogP contribution in [0.15, 0.2) is 12.4 Å². The molecule has 1 atom stereocenters. The van der Waals surface area contributed by atoms with E-state index >= 15 is 0 Å². The van der Waals surface area contributed by atoms with Gasteiger partial charge in [-0.2, -0.15) is 10.1 Å². The highest BCUT2D eigenvalue weighted by atomic mass is 32.1. The van der Waals surface area contributed by atoms with Crippen molar-refractivity contribution in [1.29, 1.82) is 0 Å². The molecule has 0 amide bonds. The van der Waals surface area contributed by atoms with Gasteiger partial charge in [0.1, 0.15) is 0 Å². The molecular formula is C12H19N5OS. The summed E-state index contributed by atoms with van der Waals surface area (Å²) in [4.78, 5) is 7.51. The van der Waals surface area contributed by atoms with Crippen LogP contribution in [-0.2, 0) is 6.54 Å². The third-order valence-corrected chi connectivity index (χ3v) is 4.02. The lowest BCUT2D eigenvalue weighted by Gasteiger charge is -2.11. The van der Waals surface area contributed by atoms with E-state index in [1.165, 1.54) is 0 Å². The van der Waals surface area contributed by atoms with E-state index in [-0.39, 0.29) is 6.04 Å². The van der Waals surface area contributed by atoms with Crippen LogP contribution >= 0.6 is 11.3 Å². The summed E-state index contributed by atoms with van der Waals surface area (Å²) in [5, 5.41) is 11.2. The minimum Gasteiger partial charge on any atom is -0.480 e. The maximum atomic E-state index is 5.31. The fourth-order valence-corrected chi connectivity index (χ4v) is 2.55. The monoisotopic (exact) mass is 281 g/mol. The van der Waals surface area contributed by atoms with Gasteiger partial charge in [-0.1, -0.05) is 11.3 Å². The van der Waals surface area contributed by atoms with Gasteiger partial charge in [-0.05, 0) is 6.92 Å². The molecule has 1 unspecified atom stereocenters. The molecule has 0 aliphatic carbocycles. The van der Waals surface area contributed by atoms with Crippen molar-refractivity contribution in [3.05, 3.63) is 22.8 Å². The van der Waals surface area contributed by atoms with E-state index in [2.05, 4.69) is 27.4 Å². The van der Waals surface area contributed by atoms with E-state index < -0.39 is 0 Å². The fraction of sp³-hybridized carbons (Fsp3) is 0.500. The van der Waals surface area contributed by atoms with Crippen LogP contribution in [0.3, 0.4) is 0 Å². The maximum absolute atomic E-state index is 5.31. The molecule has 2 rings (SSSR count). The average Bonchev–Trinajstić information content (AvgIpc) is 3.04. The summed E-state index contributed by atoms with van der Waals surface area (Å²) < 4.78 is 5.31. The van der Waals surface area contributed by atoms with Gasteiger partial charge in [0.2, 0.25) is 5.88 Å². The SMILES string of the molecule is COc1nc(N(C)C)sc1CNC(C)c1cn[nH]c1. The Labute approximate surface area is 116 Å². The van der Waals surface area contributed by atoms with Gasteiger partial charge >= 0.3 is 0 Å². The Morgan fingerprint density at radius 2 is 2.32 bits per heavy atom. The van der Waals surface area contributed by atoms with Crippen molar-refractivity contribution < 1.29 is 4.74 Å². The summed E-state index contributed by atoms with van der Waals surface area (Å²) in [6, 6.07) is 0.230. The molecule has 0 fully saturated rings. The molecule has 7 heteroatoms. The Morgan fingerprint density at radius 1 is 1.53 bits per heavy atom. The zero-order valence-electron chi connectivity index (χ0n) is 11.6. The topological polar surface area (TPSA) is 66.1 Å². The van der Waals surface area contributed by atoms with Gasteiger partial charge in [0, 0.05) is 38.4 Å². The number of nitrogens with zero attached hydrogens (tertiary/aromatic N) is 3. The second-order valence-electron chi connectivity index (χ2n) is 4.46. The second-order valence-corrected chi connectivity index (χ2v) is 5.52. The zero-order chi connectivity index (χ0) is 13.8. The Balaban J connectivity index is 2.02. The molecule has 0 aliphatic rings. The molecular weight excluding hydrogens is 262 g/mol. The van der Waals surface area contributed by atoms with Crippen LogP contribution in [0, 0.1) is 0 Å². The van der Waals surface area contributed by atoms with E-state index in [1.807, 2.05) is 31.4 Å². The summed E-state index contributed by atoms with van der Waals surface area (Å²) in [7, 11) is 5.60. The van der Waals surface area contributed by atoms with E-state index in [9.17, 15) is 0 Å². The minimum atomic E-state index is 0.230. The minimum absolute atomic E-state index is 0.230. The number of thiazole rings is 1. The molecule has 0 spiro atoms. The third kappa shape index (κ3) is 3.24. The van der Waals surface area contributed by atoms with Crippen molar-refractivity contribution in [2.75, 3.05) is 26.1 Å². The molecule has 2 heterocycles. The van der Waals surface area contributed by atoms with Crippen LogP contribution in [0.25, 0.3) is 0 Å². The quantitative estimate of drug-likeness (QED) is 0.845. The number of methoxy groups -OCH3 is 1. The van der Waals surface area contributed by atoms with Gasteiger partial charge < -0.3 is 15.0 Å². The lowest BCUT2D eigenvalue weighted by atomic mass is 10.2. The van der Waals surface area contributed by atoms with Crippen molar-refractivity contribution in [2.45, 2.75) is 19.5 Å². The number of hydrogen-bond donors (Lipinski definition) is 2. The molecule has 6 nitrogen and oxygen atoms in total.